The minimum atomic E-state index is -0.0955. The molecule has 1 heterocycles. The maximum atomic E-state index is 12.7. The topological polar surface area (TPSA) is 64.2 Å². The first-order valence-corrected chi connectivity index (χ1v) is 10.9. The first-order valence-electron chi connectivity index (χ1n) is 10.00. The van der Waals surface area contributed by atoms with Gasteiger partial charge in [-0.1, -0.05) is 44.2 Å². The van der Waals surface area contributed by atoms with E-state index in [1.54, 1.807) is 43.8 Å². The van der Waals surface area contributed by atoms with E-state index < -0.39 is 0 Å². The summed E-state index contributed by atoms with van der Waals surface area (Å²) in [6.45, 7) is 4.67. The highest BCUT2D eigenvalue weighted by Gasteiger charge is 2.21. The third-order valence-corrected chi connectivity index (χ3v) is 5.99. The molecular weight excluding hydrogens is 396 g/mol. The number of nitrogens with one attached hydrogen (secondary N) is 1. The number of quaternary nitrogens is 1. The first kappa shape index (κ1) is 21.9. The maximum Gasteiger partial charge on any atom is 0.279 e. The average molecular weight is 426 g/mol. The molecule has 2 aromatic carbocycles. The van der Waals surface area contributed by atoms with Crippen molar-refractivity contribution >= 4 is 22.9 Å². The minimum absolute atomic E-state index is 0.0733. The van der Waals surface area contributed by atoms with Crippen LogP contribution in [0.3, 0.4) is 0 Å². The molecule has 3 rings (SSSR count). The lowest BCUT2D eigenvalue weighted by Gasteiger charge is -2.16. The highest BCUT2D eigenvalue weighted by molar-refractivity contribution is 7.10. The lowest BCUT2D eigenvalue weighted by atomic mass is 9.98. The molecule has 1 amide bonds. The molecule has 6 heteroatoms. The van der Waals surface area contributed by atoms with Crippen LogP contribution in [0.1, 0.15) is 41.8 Å². The van der Waals surface area contributed by atoms with Gasteiger partial charge in [0.05, 0.1) is 24.8 Å². The Morgan fingerprint density at radius 1 is 1.03 bits per heavy atom. The largest absolute Gasteiger partial charge is 0.497 e. The summed E-state index contributed by atoms with van der Waals surface area (Å²) in [5.74, 6) is 1.66. The summed E-state index contributed by atoms with van der Waals surface area (Å²) in [7, 11) is 3.18. The Kier molecular flexibility index (Phi) is 7.49. The lowest BCUT2D eigenvalue weighted by Crippen LogP contribution is -2.87. The van der Waals surface area contributed by atoms with E-state index in [0.717, 1.165) is 0 Å². The van der Waals surface area contributed by atoms with Crippen LogP contribution in [0, 0.1) is 0 Å². The predicted octanol–water partition coefficient (Wildman–Crippen LogP) is 4.18. The molecule has 0 fully saturated rings. The Labute approximate surface area is 182 Å². The zero-order valence-corrected chi connectivity index (χ0v) is 18.7. The van der Waals surface area contributed by atoms with Crippen LogP contribution in [-0.4, -0.2) is 26.7 Å². The fraction of sp³-hybridized carbons (Fsp3) is 0.292. The Hall–Kier alpha value is -2.83. The van der Waals surface area contributed by atoms with Crippen molar-refractivity contribution in [2.75, 3.05) is 26.1 Å². The van der Waals surface area contributed by atoms with Crippen LogP contribution in [0.25, 0.3) is 0 Å². The van der Waals surface area contributed by atoms with E-state index in [1.807, 2.05) is 6.07 Å². The van der Waals surface area contributed by atoms with Crippen molar-refractivity contribution < 1.29 is 19.6 Å². The smallest absolute Gasteiger partial charge is 0.279 e. The van der Waals surface area contributed by atoms with Crippen LogP contribution < -0.4 is 20.1 Å². The molecule has 0 aliphatic carbocycles. The van der Waals surface area contributed by atoms with E-state index >= 15 is 0 Å². The Morgan fingerprint density at radius 3 is 2.37 bits per heavy atom. The molecule has 0 aliphatic rings. The predicted molar refractivity (Wildman–Crippen MR) is 122 cm³/mol. The molecule has 5 nitrogen and oxygen atoms in total. The number of nitrogens with two attached hydrogens (primary N) is 1. The van der Waals surface area contributed by atoms with Crippen LogP contribution in [-0.2, 0) is 4.79 Å². The monoisotopic (exact) mass is 425 g/mol. The number of amides is 1. The van der Waals surface area contributed by atoms with Crippen LogP contribution in [0.4, 0.5) is 5.69 Å². The fourth-order valence-corrected chi connectivity index (χ4v) is 4.16. The number of anilines is 1. The van der Waals surface area contributed by atoms with Gasteiger partial charge in [-0.25, -0.2) is 0 Å². The van der Waals surface area contributed by atoms with Gasteiger partial charge < -0.3 is 20.1 Å². The number of carbonyl (C=O) groups excluding carboxylic acids is 1. The van der Waals surface area contributed by atoms with Crippen LogP contribution in [0.5, 0.6) is 11.5 Å². The van der Waals surface area contributed by atoms with Gasteiger partial charge in [0.25, 0.3) is 5.91 Å². The molecule has 0 spiro atoms. The van der Waals surface area contributed by atoms with Crippen molar-refractivity contribution in [3.05, 3.63) is 76.0 Å². The molecule has 0 unspecified atom stereocenters. The second-order valence-electron chi connectivity index (χ2n) is 7.37. The quantitative estimate of drug-likeness (QED) is 0.541. The number of hydrogen-bond acceptors (Lipinski definition) is 4. The zero-order valence-electron chi connectivity index (χ0n) is 17.8. The van der Waals surface area contributed by atoms with E-state index in [2.05, 4.69) is 60.2 Å². The van der Waals surface area contributed by atoms with Crippen molar-refractivity contribution in [2.24, 2.45) is 0 Å². The molecule has 0 aliphatic heterocycles. The Bertz CT molecular complexity index is 953. The van der Waals surface area contributed by atoms with Gasteiger partial charge in [-0.15, -0.1) is 11.3 Å². The van der Waals surface area contributed by atoms with Crippen LogP contribution in [0.2, 0.25) is 0 Å². The SMILES string of the molecule is COc1ccc(OC)c(NC(=O)C[NH2+][C@@H](c2ccc(C(C)C)cc2)c2cccs2)c1. The molecular formula is C24H29N2O3S+. The number of benzene rings is 2. The van der Waals surface area contributed by atoms with Gasteiger partial charge in [0, 0.05) is 11.6 Å². The van der Waals surface area contributed by atoms with Gasteiger partial charge in [0.15, 0.2) is 6.54 Å². The average Bonchev–Trinajstić information content (AvgIpc) is 3.28. The summed E-state index contributed by atoms with van der Waals surface area (Å²) in [4.78, 5) is 13.9. The van der Waals surface area contributed by atoms with Crippen molar-refractivity contribution in [3.63, 3.8) is 0 Å². The van der Waals surface area contributed by atoms with Crippen molar-refractivity contribution in [1.29, 1.82) is 0 Å². The molecule has 0 saturated carbocycles. The van der Waals surface area contributed by atoms with Gasteiger partial charge in [-0.05, 0) is 35.1 Å². The fourth-order valence-electron chi connectivity index (χ4n) is 3.31. The van der Waals surface area contributed by atoms with Crippen LogP contribution >= 0.6 is 11.3 Å². The molecule has 158 valence electrons. The summed E-state index contributed by atoms with van der Waals surface area (Å²) >= 11 is 1.70. The third-order valence-electron chi connectivity index (χ3n) is 5.03. The van der Waals surface area contributed by atoms with Crippen LogP contribution in [0.15, 0.2) is 60.0 Å². The second kappa shape index (κ2) is 10.3. The van der Waals surface area contributed by atoms with Gasteiger partial charge in [0.2, 0.25) is 0 Å². The summed E-state index contributed by atoms with van der Waals surface area (Å²) in [6, 6.07) is 18.3. The van der Waals surface area contributed by atoms with E-state index in [4.69, 9.17) is 9.47 Å². The molecule has 1 atom stereocenters. The van der Waals surface area contributed by atoms with Gasteiger partial charge in [-0.3, -0.25) is 4.79 Å². The molecule has 0 radical (unpaired) electrons. The molecule has 1 aromatic heterocycles. The van der Waals surface area contributed by atoms with Crippen molar-refractivity contribution in [1.82, 2.24) is 0 Å². The summed E-state index contributed by atoms with van der Waals surface area (Å²) in [6.07, 6.45) is 0. The van der Waals surface area contributed by atoms with E-state index in [0.29, 0.717) is 23.1 Å². The minimum Gasteiger partial charge on any atom is -0.497 e. The molecule has 3 aromatic rings. The number of thiophene rings is 1. The second-order valence-corrected chi connectivity index (χ2v) is 8.35. The number of hydrogen-bond donors (Lipinski definition) is 2. The Morgan fingerprint density at radius 2 is 1.77 bits per heavy atom. The number of rotatable bonds is 9. The van der Waals surface area contributed by atoms with Gasteiger partial charge in [0.1, 0.15) is 17.5 Å². The Balaban J connectivity index is 1.72. The summed E-state index contributed by atoms with van der Waals surface area (Å²) in [5, 5.41) is 7.08. The van der Waals surface area contributed by atoms with E-state index in [-0.39, 0.29) is 18.5 Å². The molecule has 0 saturated heterocycles. The van der Waals surface area contributed by atoms with Crippen molar-refractivity contribution in [2.45, 2.75) is 25.8 Å². The van der Waals surface area contributed by atoms with Crippen molar-refractivity contribution in [3.8, 4) is 11.5 Å². The van der Waals surface area contributed by atoms with E-state index in [1.165, 1.54) is 16.0 Å². The zero-order chi connectivity index (χ0) is 21.5. The standard InChI is InChI=1S/C24H28N2O3S/c1-16(2)17-7-9-18(10-8-17)24(22-6-5-13-30-22)25-15-23(27)26-20-14-19(28-3)11-12-21(20)29-4/h5-14,16,24-25H,15H2,1-4H3,(H,26,27)/p+1/t24-/m0/s1. The first-order chi connectivity index (χ1) is 14.5. The molecule has 3 N–H and O–H groups in total. The molecule has 0 bridgehead atoms. The van der Waals surface area contributed by atoms with Gasteiger partial charge >= 0.3 is 0 Å². The number of ether oxygens (including phenoxy) is 2. The lowest BCUT2D eigenvalue weighted by molar-refractivity contribution is -0.675. The summed E-state index contributed by atoms with van der Waals surface area (Å²) < 4.78 is 10.6. The summed E-state index contributed by atoms with van der Waals surface area (Å²) in [5.41, 5.74) is 3.10. The third kappa shape index (κ3) is 5.40. The maximum absolute atomic E-state index is 12.7. The normalized spacial score (nSPS) is 11.9. The number of carbonyl (C=O) groups is 1. The highest BCUT2D eigenvalue weighted by Crippen LogP contribution is 2.29. The van der Waals surface area contributed by atoms with E-state index in [9.17, 15) is 4.79 Å². The molecule has 30 heavy (non-hydrogen) atoms. The number of methoxy groups -OCH3 is 2. The highest BCUT2D eigenvalue weighted by atomic mass is 32.1. The van der Waals surface area contributed by atoms with Gasteiger partial charge in [-0.2, -0.15) is 0 Å².